The highest BCUT2D eigenvalue weighted by Crippen LogP contribution is 2.24. The molecule has 104 valence electrons. The van der Waals surface area contributed by atoms with Gasteiger partial charge in [-0.3, -0.25) is 0 Å². The summed E-state index contributed by atoms with van der Waals surface area (Å²) in [6.45, 7) is 15.8. The predicted molar refractivity (Wildman–Crippen MR) is 89.3 cm³/mol. The van der Waals surface area contributed by atoms with Crippen molar-refractivity contribution in [3.63, 3.8) is 0 Å². The van der Waals surface area contributed by atoms with Crippen molar-refractivity contribution in [3.05, 3.63) is 60.0 Å². The molecule has 0 N–H and O–H groups in total. The summed E-state index contributed by atoms with van der Waals surface area (Å²) in [5.41, 5.74) is 5.24. The van der Waals surface area contributed by atoms with Crippen molar-refractivity contribution in [1.82, 2.24) is 4.57 Å². The van der Waals surface area contributed by atoms with Crippen LogP contribution in [0, 0.1) is 6.92 Å². The summed E-state index contributed by atoms with van der Waals surface area (Å²) in [5.74, 6) is 0. The summed E-state index contributed by atoms with van der Waals surface area (Å²) in [6.07, 6.45) is 12.8. The Balaban J connectivity index is 0.00000154. The lowest BCUT2D eigenvalue weighted by Gasteiger charge is -2.01. The minimum Gasteiger partial charge on any atom is -0.344 e. The Bertz CT molecular complexity index is 470. The molecule has 1 aromatic heterocycles. The van der Waals surface area contributed by atoms with E-state index < -0.39 is 0 Å². The zero-order chi connectivity index (χ0) is 14.8. The van der Waals surface area contributed by atoms with Crippen LogP contribution in [0.1, 0.15) is 43.3 Å². The molecule has 0 spiro atoms. The highest BCUT2D eigenvalue weighted by Gasteiger charge is 2.12. The lowest BCUT2D eigenvalue weighted by Crippen LogP contribution is -1.94. The summed E-state index contributed by atoms with van der Waals surface area (Å²) in [5, 5.41) is 0. The SMILES string of the molecule is C=C/C=C\c1c(C)c(CC)c(/C=C\C=C)n1C.CC. The largest absolute Gasteiger partial charge is 0.344 e. The summed E-state index contributed by atoms with van der Waals surface area (Å²) in [6, 6.07) is 0. The van der Waals surface area contributed by atoms with Crippen LogP contribution in [0.5, 0.6) is 0 Å². The molecule has 0 saturated heterocycles. The van der Waals surface area contributed by atoms with Crippen LogP contribution >= 0.6 is 0 Å². The van der Waals surface area contributed by atoms with Gasteiger partial charge in [0.05, 0.1) is 0 Å². The fourth-order valence-electron chi connectivity index (χ4n) is 2.14. The molecule has 0 unspecified atom stereocenters. The first-order valence-corrected chi connectivity index (χ1v) is 6.93. The molecule has 1 heteroatoms. The summed E-state index contributed by atoms with van der Waals surface area (Å²) < 4.78 is 2.22. The summed E-state index contributed by atoms with van der Waals surface area (Å²) in [4.78, 5) is 0. The van der Waals surface area contributed by atoms with Crippen molar-refractivity contribution in [3.8, 4) is 0 Å². The Morgan fingerprint density at radius 1 is 1.00 bits per heavy atom. The molecule has 0 amide bonds. The minimum atomic E-state index is 1.04. The van der Waals surface area contributed by atoms with Gasteiger partial charge in [-0.15, -0.1) is 0 Å². The first kappa shape index (κ1) is 17.2. The van der Waals surface area contributed by atoms with E-state index in [1.54, 1.807) is 12.2 Å². The van der Waals surface area contributed by atoms with Crippen LogP contribution in [0.3, 0.4) is 0 Å². The molecule has 1 heterocycles. The smallest absolute Gasteiger partial charge is 0.0444 e. The van der Waals surface area contributed by atoms with E-state index in [2.05, 4.69) is 50.8 Å². The van der Waals surface area contributed by atoms with E-state index in [0.717, 1.165) is 6.42 Å². The van der Waals surface area contributed by atoms with Crippen molar-refractivity contribution < 1.29 is 0 Å². The number of aromatic nitrogens is 1. The maximum atomic E-state index is 3.72. The standard InChI is InChI=1S/C16H21N.C2H6/c1-6-9-11-15-13(4)14(8-3)16(17(15)5)12-10-7-2;1-2/h6-7,9-12H,1-2,8H2,3-5H3;1-2H3/b11-9-,12-10-;. The zero-order valence-corrected chi connectivity index (χ0v) is 13.0. The molecule has 1 rings (SSSR count). The van der Waals surface area contributed by atoms with E-state index in [0.29, 0.717) is 0 Å². The van der Waals surface area contributed by atoms with Gasteiger partial charge < -0.3 is 4.57 Å². The second-order valence-corrected chi connectivity index (χ2v) is 3.98. The Morgan fingerprint density at radius 2 is 1.47 bits per heavy atom. The Kier molecular flexibility index (Phi) is 8.35. The number of allylic oxidation sites excluding steroid dienone is 4. The van der Waals surface area contributed by atoms with Crippen LogP contribution in [0.15, 0.2) is 37.5 Å². The maximum Gasteiger partial charge on any atom is 0.0444 e. The lowest BCUT2D eigenvalue weighted by molar-refractivity contribution is 0.892. The molecule has 0 aliphatic heterocycles. The second-order valence-electron chi connectivity index (χ2n) is 3.98. The van der Waals surface area contributed by atoms with Gasteiger partial charge in [0.15, 0.2) is 0 Å². The fraction of sp³-hybridized carbons (Fsp3) is 0.333. The van der Waals surface area contributed by atoms with Crippen molar-refractivity contribution in [2.45, 2.75) is 34.1 Å². The third-order valence-corrected chi connectivity index (χ3v) is 3.00. The van der Waals surface area contributed by atoms with Gasteiger partial charge in [0.25, 0.3) is 0 Å². The molecular weight excluding hydrogens is 230 g/mol. The van der Waals surface area contributed by atoms with Gasteiger partial charge in [0.1, 0.15) is 0 Å². The average molecular weight is 257 g/mol. The van der Waals surface area contributed by atoms with Gasteiger partial charge in [-0.1, -0.05) is 58.2 Å². The molecule has 0 aliphatic carbocycles. The molecule has 19 heavy (non-hydrogen) atoms. The minimum absolute atomic E-state index is 1.04. The third-order valence-electron chi connectivity index (χ3n) is 3.00. The summed E-state index contributed by atoms with van der Waals surface area (Å²) >= 11 is 0. The second kappa shape index (κ2) is 9.21. The maximum absolute atomic E-state index is 3.72. The molecule has 0 fully saturated rings. The van der Waals surface area contributed by atoms with Gasteiger partial charge in [-0.25, -0.2) is 0 Å². The van der Waals surface area contributed by atoms with E-state index in [1.165, 1.54) is 22.5 Å². The van der Waals surface area contributed by atoms with Gasteiger partial charge in [0.2, 0.25) is 0 Å². The Morgan fingerprint density at radius 3 is 1.89 bits per heavy atom. The van der Waals surface area contributed by atoms with E-state index in [-0.39, 0.29) is 0 Å². The highest BCUT2D eigenvalue weighted by molar-refractivity contribution is 5.63. The number of nitrogens with zero attached hydrogens (tertiary/aromatic N) is 1. The predicted octanol–water partition coefficient (Wildman–Crippen LogP) is 5.32. The van der Waals surface area contributed by atoms with Gasteiger partial charge in [-0.2, -0.15) is 0 Å². The first-order valence-electron chi connectivity index (χ1n) is 6.93. The molecule has 1 aromatic rings. The van der Waals surface area contributed by atoms with Gasteiger partial charge in [0, 0.05) is 18.4 Å². The number of rotatable bonds is 5. The molecule has 0 saturated carbocycles. The van der Waals surface area contributed by atoms with E-state index in [9.17, 15) is 0 Å². The molecule has 0 aliphatic rings. The topological polar surface area (TPSA) is 4.93 Å². The van der Waals surface area contributed by atoms with Crippen molar-refractivity contribution >= 4 is 12.2 Å². The van der Waals surface area contributed by atoms with Crippen molar-refractivity contribution in [2.75, 3.05) is 0 Å². The van der Waals surface area contributed by atoms with Crippen LogP contribution in [-0.4, -0.2) is 4.57 Å². The van der Waals surface area contributed by atoms with Crippen molar-refractivity contribution in [2.24, 2.45) is 7.05 Å². The fourth-order valence-corrected chi connectivity index (χ4v) is 2.14. The lowest BCUT2D eigenvalue weighted by atomic mass is 10.1. The van der Waals surface area contributed by atoms with Crippen LogP contribution in [-0.2, 0) is 13.5 Å². The third kappa shape index (κ3) is 4.13. The molecule has 0 radical (unpaired) electrons. The zero-order valence-electron chi connectivity index (χ0n) is 13.0. The van der Waals surface area contributed by atoms with Gasteiger partial charge >= 0.3 is 0 Å². The van der Waals surface area contributed by atoms with E-state index >= 15 is 0 Å². The van der Waals surface area contributed by atoms with E-state index in [1.807, 2.05) is 26.0 Å². The van der Waals surface area contributed by atoms with Crippen LogP contribution in [0.25, 0.3) is 12.2 Å². The van der Waals surface area contributed by atoms with Crippen molar-refractivity contribution in [1.29, 1.82) is 0 Å². The molecule has 0 aromatic carbocycles. The van der Waals surface area contributed by atoms with E-state index in [4.69, 9.17) is 0 Å². The summed E-state index contributed by atoms with van der Waals surface area (Å²) in [7, 11) is 2.09. The van der Waals surface area contributed by atoms with Gasteiger partial charge in [-0.05, 0) is 36.6 Å². The number of hydrogen-bond donors (Lipinski definition) is 0. The first-order chi connectivity index (χ1) is 9.17. The molecule has 0 bridgehead atoms. The monoisotopic (exact) mass is 257 g/mol. The number of hydrogen-bond acceptors (Lipinski definition) is 0. The Hall–Kier alpha value is -1.76. The Labute approximate surface area is 118 Å². The molecule has 1 nitrogen and oxygen atoms in total. The molecular formula is C18H27N. The van der Waals surface area contributed by atoms with Crippen LogP contribution < -0.4 is 0 Å². The van der Waals surface area contributed by atoms with Crippen LogP contribution in [0.4, 0.5) is 0 Å². The van der Waals surface area contributed by atoms with Crippen LogP contribution in [0.2, 0.25) is 0 Å². The average Bonchev–Trinajstić information content (AvgIpc) is 2.67. The highest BCUT2D eigenvalue weighted by atomic mass is 15.0. The molecule has 0 atom stereocenters. The normalized spacial score (nSPS) is 10.6. The quantitative estimate of drug-likeness (QED) is 0.629.